The number of hydrogen-bond acceptors (Lipinski definition) is 3. The van der Waals surface area contributed by atoms with Crippen LogP contribution in [0.2, 0.25) is 0 Å². The van der Waals surface area contributed by atoms with Gasteiger partial charge in [0.1, 0.15) is 0 Å². The Hall–Kier alpha value is -1.16. The summed E-state index contributed by atoms with van der Waals surface area (Å²) in [5.74, 6) is 0.755. The molecular weight excluding hydrogens is 228 g/mol. The van der Waals surface area contributed by atoms with E-state index in [1.54, 1.807) is 0 Å². The fraction of sp³-hybridized carbons (Fsp3) is 0.714. The van der Waals surface area contributed by atoms with Crippen molar-refractivity contribution in [2.75, 3.05) is 27.2 Å². The van der Waals surface area contributed by atoms with Crippen LogP contribution in [-0.2, 0) is 9.59 Å². The predicted octanol–water partition coefficient (Wildman–Crippen LogP) is 0.745. The summed E-state index contributed by atoms with van der Waals surface area (Å²) in [6.45, 7) is 1.50. The Balaban J connectivity index is 1.68. The Bertz CT molecular complexity index is 386. The summed E-state index contributed by atoms with van der Waals surface area (Å²) >= 11 is 0. The molecule has 4 nitrogen and oxygen atoms in total. The van der Waals surface area contributed by atoms with Gasteiger partial charge in [0, 0.05) is 6.54 Å². The molecule has 98 valence electrons. The molecule has 2 amide bonds. The van der Waals surface area contributed by atoms with E-state index in [0.717, 1.165) is 19.4 Å². The maximum Gasteiger partial charge on any atom is 0.233 e. The van der Waals surface area contributed by atoms with E-state index < -0.39 is 0 Å². The van der Waals surface area contributed by atoms with Crippen LogP contribution in [0, 0.1) is 23.7 Å². The van der Waals surface area contributed by atoms with Crippen molar-refractivity contribution in [3.8, 4) is 0 Å². The third-order valence-corrected chi connectivity index (χ3v) is 4.55. The van der Waals surface area contributed by atoms with Gasteiger partial charge in [-0.15, -0.1) is 0 Å². The van der Waals surface area contributed by atoms with E-state index in [0.29, 0.717) is 18.4 Å². The highest BCUT2D eigenvalue weighted by molar-refractivity contribution is 6.06. The lowest BCUT2D eigenvalue weighted by molar-refractivity contribution is -0.140. The standard InChI is InChI=1S/C14H20N2O2/c1-15(2)6-3-7-16-13(17)11-9-4-5-10(8-9)12(11)14(16)18/h4-5,9-12H,3,6-8H2,1-2H3/t9-,10+,11-,12-/m1/s1. The Morgan fingerprint density at radius 2 is 1.72 bits per heavy atom. The van der Waals surface area contributed by atoms with Crippen LogP contribution in [0.5, 0.6) is 0 Å². The first-order chi connectivity index (χ1) is 8.59. The van der Waals surface area contributed by atoms with Gasteiger partial charge in [-0.3, -0.25) is 14.5 Å². The summed E-state index contributed by atoms with van der Waals surface area (Å²) in [4.78, 5) is 28.2. The molecule has 0 aromatic rings. The average Bonchev–Trinajstić information content (AvgIpc) is 2.97. The molecule has 1 heterocycles. The van der Waals surface area contributed by atoms with Gasteiger partial charge in [-0.1, -0.05) is 12.2 Å². The molecule has 1 aliphatic heterocycles. The first-order valence-electron chi connectivity index (χ1n) is 6.78. The van der Waals surface area contributed by atoms with Crippen molar-refractivity contribution < 1.29 is 9.59 Å². The molecule has 0 radical (unpaired) electrons. The summed E-state index contributed by atoms with van der Waals surface area (Å²) in [7, 11) is 4.01. The van der Waals surface area contributed by atoms with Crippen LogP contribution in [-0.4, -0.2) is 48.8 Å². The molecule has 2 aliphatic carbocycles. The van der Waals surface area contributed by atoms with E-state index in [-0.39, 0.29) is 23.7 Å². The molecule has 3 aliphatic rings. The second-order valence-corrected chi connectivity index (χ2v) is 5.98. The van der Waals surface area contributed by atoms with Crippen molar-refractivity contribution in [2.45, 2.75) is 12.8 Å². The molecule has 0 spiro atoms. The van der Waals surface area contributed by atoms with E-state index in [9.17, 15) is 9.59 Å². The van der Waals surface area contributed by atoms with Crippen LogP contribution in [0.4, 0.5) is 0 Å². The zero-order valence-electron chi connectivity index (χ0n) is 11.0. The molecule has 18 heavy (non-hydrogen) atoms. The summed E-state index contributed by atoms with van der Waals surface area (Å²) < 4.78 is 0. The maximum atomic E-state index is 12.3. The largest absolute Gasteiger partial charge is 0.309 e. The van der Waals surface area contributed by atoms with E-state index >= 15 is 0 Å². The average molecular weight is 248 g/mol. The molecule has 0 unspecified atom stereocenters. The predicted molar refractivity (Wildman–Crippen MR) is 67.6 cm³/mol. The molecular formula is C14H20N2O2. The van der Waals surface area contributed by atoms with Crippen molar-refractivity contribution in [3.63, 3.8) is 0 Å². The smallest absolute Gasteiger partial charge is 0.233 e. The van der Waals surface area contributed by atoms with Crippen LogP contribution in [0.15, 0.2) is 12.2 Å². The van der Waals surface area contributed by atoms with Gasteiger partial charge in [0.05, 0.1) is 11.8 Å². The summed E-state index contributed by atoms with van der Waals surface area (Å²) in [6.07, 6.45) is 6.16. The Kier molecular flexibility index (Phi) is 2.77. The Morgan fingerprint density at radius 3 is 2.22 bits per heavy atom. The van der Waals surface area contributed by atoms with Crippen molar-refractivity contribution >= 4 is 11.8 Å². The number of imide groups is 1. The minimum Gasteiger partial charge on any atom is -0.309 e. The molecule has 0 aromatic carbocycles. The minimum atomic E-state index is -0.0353. The van der Waals surface area contributed by atoms with Crippen LogP contribution in [0.1, 0.15) is 12.8 Å². The maximum absolute atomic E-state index is 12.3. The lowest BCUT2D eigenvalue weighted by Crippen LogP contribution is -2.35. The SMILES string of the molecule is CN(C)CCCN1C(=O)[C@H]2[C@H](C1=O)[C@H]1C=C[C@@H]2C1. The van der Waals surface area contributed by atoms with E-state index in [1.807, 2.05) is 14.1 Å². The van der Waals surface area contributed by atoms with Gasteiger partial charge in [0.2, 0.25) is 11.8 Å². The van der Waals surface area contributed by atoms with Crippen molar-refractivity contribution in [1.82, 2.24) is 9.80 Å². The Labute approximate surface area is 108 Å². The van der Waals surface area contributed by atoms with Gasteiger partial charge < -0.3 is 4.90 Å². The number of carbonyl (C=O) groups is 2. The molecule has 1 saturated heterocycles. The van der Waals surface area contributed by atoms with Crippen LogP contribution in [0.25, 0.3) is 0 Å². The second kappa shape index (κ2) is 4.19. The van der Waals surface area contributed by atoms with Crippen LogP contribution in [0.3, 0.4) is 0 Å². The van der Waals surface area contributed by atoms with Crippen molar-refractivity contribution in [3.05, 3.63) is 12.2 Å². The van der Waals surface area contributed by atoms with Gasteiger partial charge in [-0.05, 0) is 45.3 Å². The molecule has 4 heteroatoms. The van der Waals surface area contributed by atoms with E-state index in [2.05, 4.69) is 17.1 Å². The first-order valence-corrected chi connectivity index (χ1v) is 6.78. The zero-order chi connectivity index (χ0) is 12.9. The Morgan fingerprint density at radius 1 is 1.17 bits per heavy atom. The third-order valence-electron chi connectivity index (χ3n) is 4.55. The quantitative estimate of drug-likeness (QED) is 0.544. The summed E-state index contributed by atoms with van der Waals surface area (Å²) in [6, 6.07) is 0. The van der Waals surface area contributed by atoms with Crippen molar-refractivity contribution in [2.24, 2.45) is 23.7 Å². The number of carbonyl (C=O) groups excluding carboxylic acids is 2. The number of allylic oxidation sites excluding steroid dienone is 2. The molecule has 2 fully saturated rings. The molecule has 0 aromatic heterocycles. The monoisotopic (exact) mass is 248 g/mol. The molecule has 3 rings (SSSR count). The summed E-state index contributed by atoms with van der Waals surface area (Å²) in [5.41, 5.74) is 0. The first kappa shape index (κ1) is 11.9. The van der Waals surface area contributed by atoms with Crippen molar-refractivity contribution in [1.29, 1.82) is 0 Å². The van der Waals surface area contributed by atoms with Crippen LogP contribution >= 0.6 is 0 Å². The zero-order valence-corrected chi connectivity index (χ0v) is 11.0. The van der Waals surface area contributed by atoms with Gasteiger partial charge in [-0.25, -0.2) is 0 Å². The molecule has 0 N–H and O–H groups in total. The molecule has 2 bridgehead atoms. The lowest BCUT2D eigenvalue weighted by Gasteiger charge is -2.18. The number of amides is 2. The number of likely N-dealkylation sites (tertiary alicyclic amines) is 1. The fourth-order valence-electron chi connectivity index (χ4n) is 3.73. The summed E-state index contributed by atoms with van der Waals surface area (Å²) in [5, 5.41) is 0. The minimum absolute atomic E-state index is 0.0353. The van der Waals surface area contributed by atoms with Crippen LogP contribution < -0.4 is 0 Å². The van der Waals surface area contributed by atoms with Gasteiger partial charge in [0.25, 0.3) is 0 Å². The second-order valence-electron chi connectivity index (χ2n) is 5.98. The number of fused-ring (bicyclic) bond motifs is 5. The highest BCUT2D eigenvalue weighted by atomic mass is 16.2. The number of hydrogen-bond donors (Lipinski definition) is 0. The van der Waals surface area contributed by atoms with Gasteiger partial charge in [-0.2, -0.15) is 0 Å². The number of nitrogens with zero attached hydrogens (tertiary/aromatic N) is 2. The third kappa shape index (κ3) is 1.62. The van der Waals surface area contributed by atoms with E-state index in [4.69, 9.17) is 0 Å². The topological polar surface area (TPSA) is 40.6 Å². The molecule has 4 atom stereocenters. The number of rotatable bonds is 4. The van der Waals surface area contributed by atoms with Gasteiger partial charge in [0.15, 0.2) is 0 Å². The van der Waals surface area contributed by atoms with Gasteiger partial charge >= 0.3 is 0 Å². The fourth-order valence-corrected chi connectivity index (χ4v) is 3.73. The lowest BCUT2D eigenvalue weighted by atomic mass is 9.85. The van der Waals surface area contributed by atoms with E-state index in [1.165, 1.54) is 4.90 Å². The highest BCUT2D eigenvalue weighted by Gasteiger charge is 2.58. The molecule has 1 saturated carbocycles. The normalized spacial score (nSPS) is 37.2. The highest BCUT2D eigenvalue weighted by Crippen LogP contribution is 2.52.